The number of anilines is 1. The zero-order valence-corrected chi connectivity index (χ0v) is 8.80. The van der Waals surface area contributed by atoms with E-state index in [4.69, 9.17) is 10.2 Å². The number of benzene rings is 1. The highest BCUT2D eigenvalue weighted by Crippen LogP contribution is 2.21. The molecule has 0 fully saturated rings. The van der Waals surface area contributed by atoms with Crippen molar-refractivity contribution >= 4 is 28.5 Å². The van der Waals surface area contributed by atoms with Crippen LogP contribution in [0.1, 0.15) is 5.89 Å². The molecule has 1 aromatic heterocycles. The Morgan fingerprint density at radius 1 is 1.50 bits per heavy atom. The Labute approximate surface area is 86.7 Å². The van der Waals surface area contributed by atoms with E-state index in [1.165, 1.54) is 0 Å². The number of aromatic nitrogens is 1. The van der Waals surface area contributed by atoms with Gasteiger partial charge in [-0.05, 0) is 18.4 Å². The molecule has 0 aliphatic rings. The third-order valence-corrected chi connectivity index (χ3v) is 2.63. The molecule has 2 aromatic rings. The maximum Gasteiger partial charge on any atom is 0.196 e. The second kappa shape index (κ2) is 3.92. The average Bonchev–Trinajstić information content (AvgIpc) is 2.59. The van der Waals surface area contributed by atoms with E-state index in [2.05, 4.69) is 11.2 Å². The summed E-state index contributed by atoms with van der Waals surface area (Å²) in [5, 5.41) is 0. The van der Waals surface area contributed by atoms with Gasteiger partial charge < -0.3 is 10.2 Å². The summed E-state index contributed by atoms with van der Waals surface area (Å²) in [5.41, 5.74) is 8.01. The highest BCUT2D eigenvalue weighted by molar-refractivity contribution is 7.98. The highest BCUT2D eigenvalue weighted by atomic mass is 32.2. The van der Waals surface area contributed by atoms with E-state index in [9.17, 15) is 0 Å². The SMILES string of the molecule is CSCCc1nc2c(N)cccc2o1. The summed E-state index contributed by atoms with van der Waals surface area (Å²) in [4.78, 5) is 4.34. The first kappa shape index (κ1) is 9.40. The second-order valence-electron chi connectivity index (χ2n) is 3.04. The number of fused-ring (bicyclic) bond motifs is 1. The second-order valence-corrected chi connectivity index (χ2v) is 4.03. The highest BCUT2D eigenvalue weighted by Gasteiger charge is 2.06. The van der Waals surface area contributed by atoms with Gasteiger partial charge in [-0.2, -0.15) is 11.8 Å². The van der Waals surface area contributed by atoms with Crippen LogP contribution in [0.3, 0.4) is 0 Å². The first-order valence-corrected chi connectivity index (χ1v) is 5.83. The Morgan fingerprint density at radius 3 is 3.07 bits per heavy atom. The van der Waals surface area contributed by atoms with Gasteiger partial charge in [-0.15, -0.1) is 0 Å². The van der Waals surface area contributed by atoms with Crippen LogP contribution < -0.4 is 5.73 Å². The number of para-hydroxylation sites is 1. The predicted octanol–water partition coefficient (Wildman–Crippen LogP) is 2.32. The molecule has 0 saturated carbocycles. The van der Waals surface area contributed by atoms with Gasteiger partial charge in [-0.3, -0.25) is 0 Å². The van der Waals surface area contributed by atoms with Gasteiger partial charge in [0.25, 0.3) is 0 Å². The lowest BCUT2D eigenvalue weighted by molar-refractivity contribution is 0.539. The van der Waals surface area contributed by atoms with Crippen molar-refractivity contribution in [2.45, 2.75) is 6.42 Å². The molecule has 0 bridgehead atoms. The Kier molecular flexibility index (Phi) is 2.63. The summed E-state index contributed by atoms with van der Waals surface area (Å²) in [7, 11) is 0. The molecule has 0 amide bonds. The molecule has 1 heterocycles. The zero-order chi connectivity index (χ0) is 9.97. The number of oxazole rings is 1. The number of hydrogen-bond donors (Lipinski definition) is 1. The van der Waals surface area contributed by atoms with Crippen LogP contribution in [0.4, 0.5) is 5.69 Å². The topological polar surface area (TPSA) is 52.0 Å². The van der Waals surface area contributed by atoms with E-state index in [0.29, 0.717) is 5.69 Å². The van der Waals surface area contributed by atoms with Crippen molar-refractivity contribution in [1.29, 1.82) is 0 Å². The minimum absolute atomic E-state index is 0.682. The lowest BCUT2D eigenvalue weighted by atomic mass is 10.3. The lowest BCUT2D eigenvalue weighted by Crippen LogP contribution is -1.88. The van der Waals surface area contributed by atoms with Gasteiger partial charge in [0.05, 0.1) is 5.69 Å². The summed E-state index contributed by atoms with van der Waals surface area (Å²) < 4.78 is 5.55. The van der Waals surface area contributed by atoms with Crippen molar-refractivity contribution in [3.63, 3.8) is 0 Å². The molecule has 3 nitrogen and oxygen atoms in total. The molecule has 14 heavy (non-hydrogen) atoms. The number of rotatable bonds is 3. The molecular formula is C10H12N2OS. The quantitative estimate of drug-likeness (QED) is 0.786. The average molecular weight is 208 g/mol. The van der Waals surface area contributed by atoms with Gasteiger partial charge >= 0.3 is 0 Å². The number of thioether (sulfide) groups is 1. The molecule has 1 aromatic carbocycles. The minimum atomic E-state index is 0.682. The molecule has 0 aliphatic heterocycles. The molecule has 0 radical (unpaired) electrons. The van der Waals surface area contributed by atoms with Crippen LogP contribution in [-0.2, 0) is 6.42 Å². The molecule has 2 N–H and O–H groups in total. The summed E-state index contributed by atoms with van der Waals surface area (Å²) in [6, 6.07) is 5.60. The van der Waals surface area contributed by atoms with E-state index in [-0.39, 0.29) is 0 Å². The maximum absolute atomic E-state index is 5.77. The summed E-state index contributed by atoms with van der Waals surface area (Å²) in [6.45, 7) is 0. The van der Waals surface area contributed by atoms with E-state index < -0.39 is 0 Å². The van der Waals surface area contributed by atoms with Gasteiger partial charge in [0.2, 0.25) is 0 Å². The maximum atomic E-state index is 5.77. The molecule has 0 atom stereocenters. The fourth-order valence-electron chi connectivity index (χ4n) is 1.31. The minimum Gasteiger partial charge on any atom is -0.441 e. The van der Waals surface area contributed by atoms with Crippen LogP contribution in [0.15, 0.2) is 22.6 Å². The van der Waals surface area contributed by atoms with Gasteiger partial charge in [-0.1, -0.05) is 6.07 Å². The van der Waals surface area contributed by atoms with Crippen molar-refractivity contribution in [3.8, 4) is 0 Å². The molecule has 2 rings (SSSR count). The van der Waals surface area contributed by atoms with Gasteiger partial charge in [-0.25, -0.2) is 4.98 Å². The molecule has 4 heteroatoms. The third kappa shape index (κ3) is 1.70. The molecule has 74 valence electrons. The normalized spacial score (nSPS) is 10.9. The standard InChI is InChI=1S/C10H12N2OS/c1-14-6-5-9-12-10-7(11)3-2-4-8(10)13-9/h2-4H,5-6,11H2,1H3. The fraction of sp³-hybridized carbons (Fsp3) is 0.300. The first-order chi connectivity index (χ1) is 6.81. The first-order valence-electron chi connectivity index (χ1n) is 4.44. The lowest BCUT2D eigenvalue weighted by Gasteiger charge is -1.89. The Morgan fingerprint density at radius 2 is 2.36 bits per heavy atom. The summed E-state index contributed by atoms with van der Waals surface area (Å²) in [5.74, 6) is 1.79. The molecule has 0 saturated heterocycles. The van der Waals surface area contributed by atoms with Gasteiger partial charge in [0.1, 0.15) is 5.52 Å². The Balaban J connectivity index is 2.36. The van der Waals surface area contributed by atoms with Crippen LogP contribution in [0.2, 0.25) is 0 Å². The Hall–Kier alpha value is -1.16. The molecule has 0 unspecified atom stereocenters. The van der Waals surface area contributed by atoms with Crippen molar-refractivity contribution in [1.82, 2.24) is 4.98 Å². The third-order valence-electron chi connectivity index (χ3n) is 2.01. The van der Waals surface area contributed by atoms with Crippen LogP contribution in [0, 0.1) is 0 Å². The van der Waals surface area contributed by atoms with E-state index in [1.54, 1.807) is 11.8 Å². The van der Waals surface area contributed by atoms with Crippen molar-refractivity contribution in [2.75, 3.05) is 17.7 Å². The largest absolute Gasteiger partial charge is 0.441 e. The van der Waals surface area contributed by atoms with Crippen LogP contribution in [-0.4, -0.2) is 17.0 Å². The van der Waals surface area contributed by atoms with E-state index in [1.807, 2.05) is 18.2 Å². The molecular weight excluding hydrogens is 196 g/mol. The Bertz CT molecular complexity index is 439. The zero-order valence-electron chi connectivity index (χ0n) is 7.99. The predicted molar refractivity (Wildman–Crippen MR) is 60.5 cm³/mol. The van der Waals surface area contributed by atoms with Crippen molar-refractivity contribution in [3.05, 3.63) is 24.1 Å². The summed E-state index contributed by atoms with van der Waals surface area (Å²) >= 11 is 1.78. The van der Waals surface area contributed by atoms with Crippen molar-refractivity contribution in [2.24, 2.45) is 0 Å². The van der Waals surface area contributed by atoms with Crippen molar-refractivity contribution < 1.29 is 4.42 Å². The number of nitrogens with two attached hydrogens (primary N) is 1. The van der Waals surface area contributed by atoms with Gasteiger partial charge in [0.15, 0.2) is 11.5 Å². The number of nitrogen functional groups attached to an aromatic ring is 1. The smallest absolute Gasteiger partial charge is 0.196 e. The van der Waals surface area contributed by atoms with E-state index in [0.717, 1.165) is 29.2 Å². The summed E-state index contributed by atoms with van der Waals surface area (Å²) in [6.07, 6.45) is 2.92. The molecule has 0 spiro atoms. The van der Waals surface area contributed by atoms with Crippen LogP contribution in [0.25, 0.3) is 11.1 Å². The van der Waals surface area contributed by atoms with E-state index >= 15 is 0 Å². The number of hydrogen-bond acceptors (Lipinski definition) is 4. The number of aryl methyl sites for hydroxylation is 1. The van der Waals surface area contributed by atoms with Crippen LogP contribution in [0.5, 0.6) is 0 Å². The molecule has 0 aliphatic carbocycles. The van der Waals surface area contributed by atoms with Gasteiger partial charge in [0, 0.05) is 12.2 Å². The number of nitrogens with zero attached hydrogens (tertiary/aromatic N) is 1. The van der Waals surface area contributed by atoms with Crippen LogP contribution >= 0.6 is 11.8 Å². The monoisotopic (exact) mass is 208 g/mol. The fourth-order valence-corrected chi connectivity index (χ4v) is 1.69.